The summed E-state index contributed by atoms with van der Waals surface area (Å²) in [6.45, 7) is 5.98. The van der Waals surface area contributed by atoms with Gasteiger partial charge in [0.15, 0.2) is 0 Å². The van der Waals surface area contributed by atoms with Crippen molar-refractivity contribution < 1.29 is 4.74 Å². The Hall–Kier alpha value is -3.77. The van der Waals surface area contributed by atoms with Crippen molar-refractivity contribution in [3.8, 4) is 5.75 Å². The van der Waals surface area contributed by atoms with E-state index in [2.05, 4.69) is 27.9 Å². The maximum absolute atomic E-state index is 13.3. The van der Waals surface area contributed by atoms with Gasteiger partial charge in [0, 0.05) is 41.3 Å². The molecule has 6 heteroatoms. The predicted octanol–water partition coefficient (Wildman–Crippen LogP) is 4.61. The molecule has 4 aromatic rings. The van der Waals surface area contributed by atoms with Crippen molar-refractivity contribution in [2.75, 3.05) is 25.5 Å². The Kier molecular flexibility index (Phi) is 5.69. The smallest absolute Gasteiger partial charge is 0.249 e. The SMILES string of the molecule is C=C[C@H]1CN2CC[C@H]1C[C@H]2[C@H](c1c(Nc2ccccc2)c(=O)c1=O)c1ccnc2ccc(OC)cc12. The largest absolute Gasteiger partial charge is 0.497 e. The van der Waals surface area contributed by atoms with Crippen LogP contribution >= 0.6 is 0 Å². The van der Waals surface area contributed by atoms with E-state index in [9.17, 15) is 9.59 Å². The van der Waals surface area contributed by atoms with Gasteiger partial charge >= 0.3 is 0 Å². The van der Waals surface area contributed by atoms with Crippen LogP contribution in [0, 0.1) is 11.8 Å². The average Bonchev–Trinajstić information content (AvgIpc) is 2.95. The maximum atomic E-state index is 13.3. The highest BCUT2D eigenvalue weighted by Gasteiger charge is 2.45. The van der Waals surface area contributed by atoms with E-state index in [-0.39, 0.29) is 12.0 Å². The number of fused-ring (bicyclic) bond motifs is 4. The third-order valence-corrected chi connectivity index (χ3v) is 8.16. The van der Waals surface area contributed by atoms with E-state index in [0.717, 1.165) is 53.8 Å². The van der Waals surface area contributed by atoms with Crippen LogP contribution in [0.3, 0.4) is 0 Å². The molecule has 3 aliphatic heterocycles. The molecule has 3 fully saturated rings. The summed E-state index contributed by atoms with van der Waals surface area (Å²) < 4.78 is 5.52. The Morgan fingerprint density at radius 3 is 2.69 bits per heavy atom. The fourth-order valence-electron chi connectivity index (χ4n) is 6.32. The molecule has 1 aromatic heterocycles. The summed E-state index contributed by atoms with van der Waals surface area (Å²) in [5, 5.41) is 4.21. The lowest BCUT2D eigenvalue weighted by Crippen LogP contribution is -2.56. The maximum Gasteiger partial charge on any atom is 0.249 e. The molecule has 3 aliphatic rings. The summed E-state index contributed by atoms with van der Waals surface area (Å²) in [6, 6.07) is 17.5. The van der Waals surface area contributed by atoms with Crippen molar-refractivity contribution in [1.82, 2.24) is 9.88 Å². The molecule has 6 nitrogen and oxygen atoms in total. The molecule has 5 atom stereocenters. The number of hydrogen-bond donors (Lipinski definition) is 1. The summed E-state index contributed by atoms with van der Waals surface area (Å²) in [5.74, 6) is 1.46. The number of aromatic nitrogens is 1. The summed E-state index contributed by atoms with van der Waals surface area (Å²) in [5.41, 5.74) is 2.79. The molecule has 0 saturated carbocycles. The first-order valence-corrected chi connectivity index (χ1v) is 12.5. The van der Waals surface area contributed by atoms with E-state index in [1.54, 1.807) is 13.3 Å². The molecule has 0 aliphatic carbocycles. The first-order chi connectivity index (χ1) is 17.6. The number of para-hydroxylation sites is 1. The zero-order valence-corrected chi connectivity index (χ0v) is 20.3. The molecule has 182 valence electrons. The van der Waals surface area contributed by atoms with Gasteiger partial charge in [-0.3, -0.25) is 19.5 Å². The Balaban J connectivity index is 1.53. The van der Waals surface area contributed by atoms with Gasteiger partial charge in [-0.2, -0.15) is 0 Å². The van der Waals surface area contributed by atoms with Gasteiger partial charge in [0.2, 0.25) is 10.9 Å². The summed E-state index contributed by atoms with van der Waals surface area (Å²) in [7, 11) is 1.65. The molecule has 0 spiro atoms. The summed E-state index contributed by atoms with van der Waals surface area (Å²) in [6.07, 6.45) is 5.97. The number of nitrogens with one attached hydrogen (secondary N) is 1. The lowest BCUT2D eigenvalue weighted by atomic mass is 9.68. The standard InChI is InChI=1S/C30H29N3O3/c1-3-18-17-33-14-12-19(18)15-25(33)26(22-11-13-31-24-10-9-21(36-2)16-23(22)24)27-28(30(35)29(27)34)32-20-7-5-4-6-8-20/h3-11,13,16,18-19,25-26,32H,1,12,14-15,17H2,2H3/t18-,19-,25-,26+/m0/s1. The normalized spacial score (nSPS) is 24.0. The van der Waals surface area contributed by atoms with E-state index in [1.165, 1.54) is 0 Å². The third-order valence-electron chi connectivity index (χ3n) is 8.16. The van der Waals surface area contributed by atoms with Crippen LogP contribution in [0.15, 0.2) is 83.0 Å². The predicted molar refractivity (Wildman–Crippen MR) is 143 cm³/mol. The number of anilines is 2. The Bertz CT molecular complexity index is 1510. The Labute approximate surface area is 209 Å². The Morgan fingerprint density at radius 1 is 1.14 bits per heavy atom. The van der Waals surface area contributed by atoms with Crippen molar-refractivity contribution in [2.24, 2.45) is 11.8 Å². The van der Waals surface area contributed by atoms with Crippen molar-refractivity contribution in [2.45, 2.75) is 24.8 Å². The lowest BCUT2D eigenvalue weighted by Gasteiger charge is -2.52. The van der Waals surface area contributed by atoms with Gasteiger partial charge in [-0.1, -0.05) is 24.3 Å². The molecule has 0 radical (unpaired) electrons. The second kappa shape index (κ2) is 9.03. The van der Waals surface area contributed by atoms with Gasteiger partial charge < -0.3 is 10.1 Å². The van der Waals surface area contributed by atoms with E-state index in [1.807, 2.05) is 54.6 Å². The minimum atomic E-state index is -0.449. The molecule has 3 saturated heterocycles. The molecular formula is C30H29N3O3. The molecule has 1 unspecified atom stereocenters. The lowest BCUT2D eigenvalue weighted by molar-refractivity contribution is 0.0120. The van der Waals surface area contributed by atoms with E-state index < -0.39 is 10.9 Å². The van der Waals surface area contributed by atoms with Crippen LogP contribution in [0.5, 0.6) is 5.75 Å². The quantitative estimate of drug-likeness (QED) is 0.308. The Morgan fingerprint density at radius 2 is 1.97 bits per heavy atom. The van der Waals surface area contributed by atoms with Crippen LogP contribution in [0.25, 0.3) is 10.9 Å². The molecule has 4 heterocycles. The number of pyridine rings is 1. The average molecular weight is 480 g/mol. The van der Waals surface area contributed by atoms with Crippen LogP contribution in [0.1, 0.15) is 29.9 Å². The van der Waals surface area contributed by atoms with E-state index in [4.69, 9.17) is 4.74 Å². The monoisotopic (exact) mass is 479 g/mol. The minimum Gasteiger partial charge on any atom is -0.497 e. The highest BCUT2D eigenvalue weighted by atomic mass is 16.5. The molecule has 1 N–H and O–H groups in total. The number of methoxy groups -OCH3 is 1. The van der Waals surface area contributed by atoms with E-state index >= 15 is 0 Å². The van der Waals surface area contributed by atoms with Gasteiger partial charge in [-0.05, 0) is 73.2 Å². The molecule has 7 rings (SSSR count). The number of piperidine rings is 3. The first-order valence-electron chi connectivity index (χ1n) is 12.5. The molecular weight excluding hydrogens is 450 g/mol. The van der Waals surface area contributed by atoms with Gasteiger partial charge in [0.25, 0.3) is 0 Å². The minimum absolute atomic E-state index is 0.108. The zero-order valence-electron chi connectivity index (χ0n) is 20.3. The number of nitrogens with zero attached hydrogens (tertiary/aromatic N) is 2. The summed E-state index contributed by atoms with van der Waals surface area (Å²) in [4.78, 5) is 33.2. The van der Waals surface area contributed by atoms with Crippen molar-refractivity contribution >= 4 is 22.3 Å². The van der Waals surface area contributed by atoms with Crippen LogP contribution in [0.4, 0.5) is 11.4 Å². The van der Waals surface area contributed by atoms with Crippen LogP contribution in [-0.4, -0.2) is 36.1 Å². The van der Waals surface area contributed by atoms with Gasteiger partial charge in [-0.15, -0.1) is 6.58 Å². The van der Waals surface area contributed by atoms with Gasteiger partial charge in [0.05, 0.1) is 18.3 Å². The van der Waals surface area contributed by atoms with Crippen molar-refractivity contribution in [1.29, 1.82) is 0 Å². The van der Waals surface area contributed by atoms with Crippen LogP contribution in [-0.2, 0) is 0 Å². The second-order valence-corrected chi connectivity index (χ2v) is 9.95. The fourth-order valence-corrected chi connectivity index (χ4v) is 6.32. The molecule has 2 bridgehead atoms. The highest BCUT2D eigenvalue weighted by molar-refractivity contribution is 5.85. The van der Waals surface area contributed by atoms with E-state index in [0.29, 0.717) is 23.1 Å². The third kappa shape index (κ3) is 3.64. The second-order valence-electron chi connectivity index (χ2n) is 9.95. The number of rotatable bonds is 7. The fraction of sp³-hybridized carbons (Fsp3) is 0.300. The van der Waals surface area contributed by atoms with Gasteiger partial charge in [-0.25, -0.2) is 0 Å². The van der Waals surface area contributed by atoms with Crippen LogP contribution in [0.2, 0.25) is 0 Å². The highest BCUT2D eigenvalue weighted by Crippen LogP contribution is 2.46. The number of ether oxygens (including phenoxy) is 1. The topological polar surface area (TPSA) is 71.5 Å². The molecule has 36 heavy (non-hydrogen) atoms. The van der Waals surface area contributed by atoms with Crippen molar-refractivity contribution in [3.63, 3.8) is 0 Å². The number of benzene rings is 2. The summed E-state index contributed by atoms with van der Waals surface area (Å²) >= 11 is 0. The number of hydrogen-bond acceptors (Lipinski definition) is 6. The molecule has 3 aromatic carbocycles. The van der Waals surface area contributed by atoms with Crippen LogP contribution < -0.4 is 20.9 Å². The molecule has 0 amide bonds. The van der Waals surface area contributed by atoms with Crippen molar-refractivity contribution in [3.05, 3.63) is 105 Å². The zero-order chi connectivity index (χ0) is 24.8. The first kappa shape index (κ1) is 22.7. The van der Waals surface area contributed by atoms with Gasteiger partial charge in [0.1, 0.15) is 5.75 Å².